The Morgan fingerprint density at radius 3 is 2.57 bits per heavy atom. The average Bonchev–Trinajstić information content (AvgIpc) is 2.83. The molecule has 0 bridgehead atoms. The number of aryl methyl sites for hydroxylation is 2. The summed E-state index contributed by atoms with van der Waals surface area (Å²) in [5.74, 6) is 3.24. The standard InChI is InChI=1S/C16H29N5O.HI/c1-12-5-8-21(9-6-12)10-7-18-16(17-4)19-11-15-20-13(2)14(3)22-15;/h12H,5-11H2,1-4H3,(H2,17,18,19);1H. The molecule has 0 spiro atoms. The Hall–Kier alpha value is -0.830. The van der Waals surface area contributed by atoms with E-state index in [9.17, 15) is 0 Å². The molecule has 2 heterocycles. The van der Waals surface area contributed by atoms with Crippen molar-refractivity contribution in [3.05, 3.63) is 17.3 Å². The Kier molecular flexibility index (Phi) is 8.90. The van der Waals surface area contributed by atoms with Gasteiger partial charge in [-0.25, -0.2) is 4.98 Å². The number of hydrogen-bond donors (Lipinski definition) is 2. The molecule has 1 fully saturated rings. The number of piperidine rings is 1. The van der Waals surface area contributed by atoms with Crippen LogP contribution in [0.2, 0.25) is 0 Å². The second kappa shape index (κ2) is 10.1. The summed E-state index contributed by atoms with van der Waals surface area (Å²) in [6, 6.07) is 0. The van der Waals surface area contributed by atoms with Crippen LogP contribution in [0, 0.1) is 19.8 Å². The van der Waals surface area contributed by atoms with Gasteiger partial charge in [-0.2, -0.15) is 0 Å². The van der Waals surface area contributed by atoms with Gasteiger partial charge in [-0.3, -0.25) is 4.99 Å². The SMILES string of the molecule is CN=C(NCCN1CCC(C)CC1)NCc1nc(C)c(C)o1.I. The monoisotopic (exact) mass is 435 g/mol. The topological polar surface area (TPSA) is 65.7 Å². The number of aliphatic imine (C=N–C) groups is 1. The molecule has 0 saturated carbocycles. The summed E-state index contributed by atoms with van der Waals surface area (Å²) < 4.78 is 5.55. The van der Waals surface area contributed by atoms with Gasteiger partial charge < -0.3 is 20.0 Å². The third-order valence-corrected chi connectivity index (χ3v) is 4.30. The Labute approximate surface area is 156 Å². The summed E-state index contributed by atoms with van der Waals surface area (Å²) in [6.07, 6.45) is 2.63. The quantitative estimate of drug-likeness (QED) is 0.422. The van der Waals surface area contributed by atoms with Gasteiger partial charge in [0.2, 0.25) is 5.89 Å². The van der Waals surface area contributed by atoms with Gasteiger partial charge in [0.05, 0.1) is 12.2 Å². The molecule has 2 rings (SSSR count). The first-order valence-electron chi connectivity index (χ1n) is 8.18. The van der Waals surface area contributed by atoms with E-state index in [2.05, 4.69) is 32.4 Å². The minimum absolute atomic E-state index is 0. The van der Waals surface area contributed by atoms with Crippen molar-refractivity contribution >= 4 is 29.9 Å². The normalized spacial score (nSPS) is 17.0. The molecular weight excluding hydrogens is 405 g/mol. The van der Waals surface area contributed by atoms with E-state index in [1.807, 2.05) is 13.8 Å². The van der Waals surface area contributed by atoms with E-state index in [1.54, 1.807) is 7.05 Å². The first-order chi connectivity index (χ1) is 10.6. The summed E-state index contributed by atoms with van der Waals surface area (Å²) in [7, 11) is 1.78. The lowest BCUT2D eigenvalue weighted by Gasteiger charge is -2.30. The van der Waals surface area contributed by atoms with Crippen LogP contribution in [0.5, 0.6) is 0 Å². The molecule has 132 valence electrons. The predicted octanol–water partition coefficient (Wildman–Crippen LogP) is 2.31. The molecule has 1 aromatic heterocycles. The minimum Gasteiger partial charge on any atom is -0.444 e. The number of oxazole rings is 1. The van der Waals surface area contributed by atoms with Gasteiger partial charge in [-0.05, 0) is 45.7 Å². The van der Waals surface area contributed by atoms with Crippen molar-refractivity contribution in [2.24, 2.45) is 10.9 Å². The van der Waals surface area contributed by atoms with Gasteiger partial charge in [-0.1, -0.05) is 6.92 Å². The molecule has 23 heavy (non-hydrogen) atoms. The number of guanidine groups is 1. The van der Waals surface area contributed by atoms with E-state index in [0.29, 0.717) is 12.4 Å². The lowest BCUT2D eigenvalue weighted by Crippen LogP contribution is -2.43. The molecule has 0 atom stereocenters. The van der Waals surface area contributed by atoms with Gasteiger partial charge >= 0.3 is 0 Å². The molecule has 1 aliphatic heterocycles. The van der Waals surface area contributed by atoms with E-state index >= 15 is 0 Å². The van der Waals surface area contributed by atoms with E-state index in [4.69, 9.17) is 4.42 Å². The zero-order valence-electron chi connectivity index (χ0n) is 14.7. The number of nitrogens with one attached hydrogen (secondary N) is 2. The number of nitrogens with zero attached hydrogens (tertiary/aromatic N) is 3. The maximum absolute atomic E-state index is 5.55. The fraction of sp³-hybridized carbons (Fsp3) is 0.750. The highest BCUT2D eigenvalue weighted by atomic mass is 127. The summed E-state index contributed by atoms with van der Waals surface area (Å²) in [5.41, 5.74) is 0.944. The van der Waals surface area contributed by atoms with Gasteiger partial charge in [0.15, 0.2) is 5.96 Å². The second-order valence-corrected chi connectivity index (χ2v) is 6.13. The largest absolute Gasteiger partial charge is 0.444 e. The molecule has 7 heteroatoms. The number of rotatable bonds is 5. The predicted molar refractivity (Wildman–Crippen MR) is 104 cm³/mol. The van der Waals surface area contributed by atoms with Crippen molar-refractivity contribution in [2.45, 2.75) is 40.2 Å². The van der Waals surface area contributed by atoms with E-state index in [1.165, 1.54) is 25.9 Å². The van der Waals surface area contributed by atoms with Crippen molar-refractivity contribution < 1.29 is 4.42 Å². The van der Waals surface area contributed by atoms with Gasteiger partial charge in [0.1, 0.15) is 5.76 Å². The second-order valence-electron chi connectivity index (χ2n) is 6.13. The van der Waals surface area contributed by atoms with E-state index < -0.39 is 0 Å². The third-order valence-electron chi connectivity index (χ3n) is 4.30. The highest BCUT2D eigenvalue weighted by Gasteiger charge is 2.15. The van der Waals surface area contributed by atoms with Crippen molar-refractivity contribution in [1.82, 2.24) is 20.5 Å². The van der Waals surface area contributed by atoms with Crippen molar-refractivity contribution in [2.75, 3.05) is 33.2 Å². The van der Waals surface area contributed by atoms with Crippen molar-refractivity contribution in [1.29, 1.82) is 0 Å². The molecule has 2 N–H and O–H groups in total. The molecular formula is C16H30IN5O. The highest BCUT2D eigenvalue weighted by molar-refractivity contribution is 14.0. The summed E-state index contributed by atoms with van der Waals surface area (Å²) in [6.45, 7) is 11.2. The molecule has 0 unspecified atom stereocenters. The lowest BCUT2D eigenvalue weighted by atomic mass is 9.99. The van der Waals surface area contributed by atoms with E-state index in [-0.39, 0.29) is 24.0 Å². The molecule has 0 aliphatic carbocycles. The summed E-state index contributed by atoms with van der Waals surface area (Å²) in [4.78, 5) is 11.1. The van der Waals surface area contributed by atoms with Crippen LogP contribution in [0.3, 0.4) is 0 Å². The summed E-state index contributed by atoms with van der Waals surface area (Å²) >= 11 is 0. The van der Waals surface area contributed by atoms with Gasteiger partial charge in [0, 0.05) is 20.1 Å². The number of aromatic nitrogens is 1. The first-order valence-corrected chi connectivity index (χ1v) is 8.18. The Morgan fingerprint density at radius 2 is 2.00 bits per heavy atom. The van der Waals surface area contributed by atoms with Crippen LogP contribution in [-0.4, -0.2) is 49.1 Å². The zero-order valence-corrected chi connectivity index (χ0v) is 17.0. The number of hydrogen-bond acceptors (Lipinski definition) is 4. The zero-order chi connectivity index (χ0) is 15.9. The van der Waals surface area contributed by atoms with Crippen LogP contribution in [0.25, 0.3) is 0 Å². The van der Waals surface area contributed by atoms with Gasteiger partial charge in [0.25, 0.3) is 0 Å². The van der Waals surface area contributed by atoms with Crippen molar-refractivity contribution in [3.63, 3.8) is 0 Å². The van der Waals surface area contributed by atoms with Gasteiger partial charge in [-0.15, -0.1) is 24.0 Å². The third kappa shape index (κ3) is 6.66. The fourth-order valence-corrected chi connectivity index (χ4v) is 2.61. The Morgan fingerprint density at radius 1 is 1.30 bits per heavy atom. The molecule has 0 radical (unpaired) electrons. The molecule has 1 saturated heterocycles. The van der Waals surface area contributed by atoms with Crippen LogP contribution < -0.4 is 10.6 Å². The van der Waals surface area contributed by atoms with Crippen LogP contribution in [-0.2, 0) is 6.54 Å². The van der Waals surface area contributed by atoms with Crippen LogP contribution in [0.4, 0.5) is 0 Å². The maximum Gasteiger partial charge on any atom is 0.214 e. The number of halogens is 1. The molecule has 1 aliphatic rings. The minimum atomic E-state index is 0. The molecule has 1 aromatic rings. The smallest absolute Gasteiger partial charge is 0.214 e. The first kappa shape index (κ1) is 20.2. The fourth-order valence-electron chi connectivity index (χ4n) is 2.61. The number of likely N-dealkylation sites (tertiary alicyclic amines) is 1. The Balaban J connectivity index is 0.00000264. The maximum atomic E-state index is 5.55. The van der Waals surface area contributed by atoms with Crippen LogP contribution >= 0.6 is 24.0 Å². The lowest BCUT2D eigenvalue weighted by molar-refractivity contribution is 0.195. The van der Waals surface area contributed by atoms with Crippen LogP contribution in [0.15, 0.2) is 9.41 Å². The van der Waals surface area contributed by atoms with Crippen LogP contribution in [0.1, 0.15) is 37.1 Å². The molecule has 0 amide bonds. The summed E-state index contributed by atoms with van der Waals surface area (Å²) in [5, 5.41) is 6.58. The highest BCUT2D eigenvalue weighted by Crippen LogP contribution is 2.15. The average molecular weight is 435 g/mol. The Bertz CT molecular complexity index is 475. The molecule has 6 nitrogen and oxygen atoms in total. The van der Waals surface area contributed by atoms with Crippen molar-refractivity contribution in [3.8, 4) is 0 Å². The molecule has 0 aromatic carbocycles. The van der Waals surface area contributed by atoms with E-state index in [0.717, 1.165) is 36.4 Å².